The van der Waals surface area contributed by atoms with Crippen LogP contribution in [0, 0.1) is 0 Å². The molecule has 0 aliphatic heterocycles. The first kappa shape index (κ1) is 8.63. The summed E-state index contributed by atoms with van der Waals surface area (Å²) >= 11 is 0. The first-order chi connectivity index (χ1) is 5.68. The van der Waals surface area contributed by atoms with Crippen molar-refractivity contribution in [2.45, 2.75) is 26.5 Å². The van der Waals surface area contributed by atoms with Crippen LogP contribution in [0.15, 0.2) is 6.33 Å². The van der Waals surface area contributed by atoms with Crippen molar-refractivity contribution in [1.82, 2.24) is 20.2 Å². The summed E-state index contributed by atoms with van der Waals surface area (Å²) in [5.74, 6) is -0.336. The van der Waals surface area contributed by atoms with Gasteiger partial charge in [0.2, 0.25) is 0 Å². The first-order valence-corrected chi connectivity index (χ1v) is 3.58. The number of esters is 1. The molecule has 0 unspecified atom stereocenters. The van der Waals surface area contributed by atoms with Crippen LogP contribution in [0.1, 0.15) is 13.8 Å². The van der Waals surface area contributed by atoms with Crippen molar-refractivity contribution >= 4 is 5.97 Å². The van der Waals surface area contributed by atoms with E-state index in [9.17, 15) is 4.79 Å². The molecule has 0 aliphatic rings. The first-order valence-electron chi connectivity index (χ1n) is 3.58. The van der Waals surface area contributed by atoms with Gasteiger partial charge in [-0.1, -0.05) is 0 Å². The van der Waals surface area contributed by atoms with Crippen molar-refractivity contribution in [3.63, 3.8) is 0 Å². The number of hydrogen-bond acceptors (Lipinski definition) is 5. The minimum atomic E-state index is -0.336. The maximum Gasteiger partial charge on any atom is 0.328 e. The second-order valence-corrected chi connectivity index (χ2v) is 2.55. The molecular formula is C6H10N4O2. The molecule has 12 heavy (non-hydrogen) atoms. The molecule has 0 bridgehead atoms. The molecule has 66 valence electrons. The van der Waals surface area contributed by atoms with Crippen LogP contribution in [-0.4, -0.2) is 32.3 Å². The summed E-state index contributed by atoms with van der Waals surface area (Å²) in [4.78, 5) is 11.0. The Bertz CT molecular complexity index is 244. The van der Waals surface area contributed by atoms with Crippen molar-refractivity contribution in [3.8, 4) is 0 Å². The minimum Gasteiger partial charge on any atom is -0.462 e. The molecule has 1 aromatic rings. The number of nitrogens with zero attached hydrogens (tertiary/aromatic N) is 4. The molecular weight excluding hydrogens is 160 g/mol. The van der Waals surface area contributed by atoms with Gasteiger partial charge in [0.25, 0.3) is 0 Å². The Labute approximate surface area is 69.5 Å². The molecule has 0 spiro atoms. The second-order valence-electron chi connectivity index (χ2n) is 2.55. The van der Waals surface area contributed by atoms with E-state index >= 15 is 0 Å². The van der Waals surface area contributed by atoms with E-state index in [-0.39, 0.29) is 18.6 Å². The van der Waals surface area contributed by atoms with Crippen LogP contribution >= 0.6 is 0 Å². The fourth-order valence-corrected chi connectivity index (χ4v) is 0.685. The number of aromatic nitrogens is 4. The van der Waals surface area contributed by atoms with Crippen molar-refractivity contribution in [1.29, 1.82) is 0 Å². The van der Waals surface area contributed by atoms with E-state index in [0.29, 0.717) is 0 Å². The highest BCUT2D eigenvalue weighted by Crippen LogP contribution is 1.90. The Balaban J connectivity index is 2.37. The number of ether oxygens (including phenoxy) is 1. The van der Waals surface area contributed by atoms with Gasteiger partial charge in [-0.15, -0.1) is 5.10 Å². The van der Waals surface area contributed by atoms with Crippen LogP contribution in [-0.2, 0) is 16.1 Å². The maximum absolute atomic E-state index is 11.0. The zero-order chi connectivity index (χ0) is 8.97. The Morgan fingerprint density at radius 1 is 1.67 bits per heavy atom. The van der Waals surface area contributed by atoms with Crippen molar-refractivity contribution in [2.24, 2.45) is 0 Å². The summed E-state index contributed by atoms with van der Waals surface area (Å²) < 4.78 is 6.18. The highest BCUT2D eigenvalue weighted by atomic mass is 16.5. The van der Waals surface area contributed by atoms with Gasteiger partial charge in [0.1, 0.15) is 12.9 Å². The predicted molar refractivity (Wildman–Crippen MR) is 39.0 cm³/mol. The highest BCUT2D eigenvalue weighted by molar-refractivity contribution is 5.69. The lowest BCUT2D eigenvalue weighted by Gasteiger charge is -2.06. The van der Waals surface area contributed by atoms with Gasteiger partial charge in [0.05, 0.1) is 6.10 Å². The van der Waals surface area contributed by atoms with Gasteiger partial charge in [-0.3, -0.25) is 4.79 Å². The molecule has 1 aromatic heterocycles. The minimum absolute atomic E-state index is 0.0607. The zero-order valence-electron chi connectivity index (χ0n) is 6.97. The Morgan fingerprint density at radius 2 is 2.42 bits per heavy atom. The van der Waals surface area contributed by atoms with E-state index < -0.39 is 0 Å². The third-order valence-electron chi connectivity index (χ3n) is 1.05. The van der Waals surface area contributed by atoms with Gasteiger partial charge in [-0.2, -0.15) is 0 Å². The monoisotopic (exact) mass is 170 g/mol. The summed E-state index contributed by atoms with van der Waals surface area (Å²) in [7, 11) is 0. The van der Waals surface area contributed by atoms with Crippen LogP contribution in [0.3, 0.4) is 0 Å². The van der Waals surface area contributed by atoms with Gasteiger partial charge in [0.15, 0.2) is 0 Å². The average Bonchev–Trinajstić information content (AvgIpc) is 2.37. The molecule has 0 saturated carbocycles. The lowest BCUT2D eigenvalue weighted by Crippen LogP contribution is -2.17. The number of rotatable bonds is 3. The van der Waals surface area contributed by atoms with Crippen LogP contribution < -0.4 is 0 Å². The van der Waals surface area contributed by atoms with Gasteiger partial charge in [-0.05, 0) is 24.3 Å². The van der Waals surface area contributed by atoms with E-state index in [1.165, 1.54) is 11.0 Å². The van der Waals surface area contributed by atoms with Crippen molar-refractivity contribution in [2.75, 3.05) is 0 Å². The lowest BCUT2D eigenvalue weighted by atomic mass is 10.5. The lowest BCUT2D eigenvalue weighted by molar-refractivity contribution is -0.148. The van der Waals surface area contributed by atoms with Crippen LogP contribution in [0.4, 0.5) is 0 Å². The predicted octanol–water partition coefficient (Wildman–Crippen LogP) is -0.375. The summed E-state index contributed by atoms with van der Waals surface area (Å²) in [5, 5.41) is 10.3. The number of carbonyl (C=O) groups excluding carboxylic acids is 1. The van der Waals surface area contributed by atoms with E-state index in [4.69, 9.17) is 4.74 Å². The summed E-state index contributed by atoms with van der Waals surface area (Å²) in [6, 6.07) is 0. The molecule has 1 rings (SSSR count). The molecule has 0 atom stereocenters. The molecule has 0 fully saturated rings. The Kier molecular flexibility index (Phi) is 2.73. The zero-order valence-corrected chi connectivity index (χ0v) is 6.97. The fraction of sp³-hybridized carbons (Fsp3) is 0.667. The van der Waals surface area contributed by atoms with Gasteiger partial charge in [-0.25, -0.2) is 4.68 Å². The molecule has 0 radical (unpaired) electrons. The third-order valence-corrected chi connectivity index (χ3v) is 1.05. The largest absolute Gasteiger partial charge is 0.462 e. The molecule has 0 aromatic carbocycles. The standard InChI is InChI=1S/C6H10N4O2/c1-5(2)12-6(11)3-10-4-7-8-9-10/h4-5H,3H2,1-2H3. The van der Waals surface area contributed by atoms with Crippen LogP contribution in [0.5, 0.6) is 0 Å². The Hall–Kier alpha value is -1.46. The van der Waals surface area contributed by atoms with E-state index in [2.05, 4.69) is 15.5 Å². The summed E-state index contributed by atoms with van der Waals surface area (Å²) in [5.41, 5.74) is 0. The molecule has 1 heterocycles. The summed E-state index contributed by atoms with van der Waals surface area (Å²) in [6.45, 7) is 3.64. The van der Waals surface area contributed by atoms with Crippen LogP contribution in [0.25, 0.3) is 0 Å². The van der Waals surface area contributed by atoms with E-state index in [1.54, 1.807) is 13.8 Å². The van der Waals surface area contributed by atoms with Gasteiger partial charge >= 0.3 is 5.97 Å². The normalized spacial score (nSPS) is 10.2. The quantitative estimate of drug-likeness (QED) is 0.578. The van der Waals surface area contributed by atoms with Crippen LogP contribution in [0.2, 0.25) is 0 Å². The van der Waals surface area contributed by atoms with E-state index in [1.807, 2.05) is 0 Å². The molecule has 0 aliphatic carbocycles. The number of hydrogen-bond donors (Lipinski definition) is 0. The SMILES string of the molecule is CC(C)OC(=O)Cn1cnnn1. The molecule has 0 amide bonds. The average molecular weight is 170 g/mol. The highest BCUT2D eigenvalue weighted by Gasteiger charge is 2.06. The van der Waals surface area contributed by atoms with Crippen molar-refractivity contribution < 1.29 is 9.53 Å². The smallest absolute Gasteiger partial charge is 0.328 e. The summed E-state index contributed by atoms with van der Waals surface area (Å²) in [6.07, 6.45) is 1.26. The third kappa shape index (κ3) is 2.65. The maximum atomic E-state index is 11.0. The number of tetrazole rings is 1. The Morgan fingerprint density at radius 3 is 2.92 bits per heavy atom. The van der Waals surface area contributed by atoms with Crippen molar-refractivity contribution in [3.05, 3.63) is 6.33 Å². The molecule has 6 nitrogen and oxygen atoms in total. The topological polar surface area (TPSA) is 69.9 Å². The molecule has 6 heteroatoms. The van der Waals surface area contributed by atoms with E-state index in [0.717, 1.165) is 0 Å². The molecule has 0 N–H and O–H groups in total. The van der Waals surface area contributed by atoms with Gasteiger partial charge < -0.3 is 4.74 Å². The number of carbonyl (C=O) groups is 1. The second kappa shape index (κ2) is 3.80. The fourth-order valence-electron chi connectivity index (χ4n) is 0.685. The van der Waals surface area contributed by atoms with Gasteiger partial charge in [0, 0.05) is 0 Å². The molecule has 0 saturated heterocycles.